The average Bonchev–Trinajstić information content (AvgIpc) is 1.35. The van der Waals surface area contributed by atoms with Gasteiger partial charge in [-0.3, -0.25) is 0 Å². The van der Waals surface area contributed by atoms with Crippen molar-refractivity contribution in [3.8, 4) is 0 Å². The number of rotatable bonds is 1. The van der Waals surface area contributed by atoms with Crippen molar-refractivity contribution < 1.29 is 13.9 Å². The fraction of sp³-hybridized carbons (Fsp3) is 0. The van der Waals surface area contributed by atoms with Gasteiger partial charge in [-0.25, -0.2) is 0 Å². The van der Waals surface area contributed by atoms with Crippen molar-refractivity contribution in [2.24, 2.45) is 0 Å². The monoisotopic (exact) mass is 148 g/mol. The van der Waals surface area contributed by atoms with Gasteiger partial charge in [0.25, 0.3) is 0 Å². The van der Waals surface area contributed by atoms with E-state index >= 15 is 0 Å². The molecule has 0 aliphatic rings. The van der Waals surface area contributed by atoms with Gasteiger partial charge in [-0.2, -0.15) is 4.08 Å². The number of halogens is 1. The Morgan fingerprint density at radius 2 is 1.83 bits per heavy atom. The first-order valence-electron chi connectivity index (χ1n) is 0.919. The second-order valence-electron chi connectivity index (χ2n) is 0.560. The molecule has 0 spiro atoms. The van der Waals surface area contributed by atoms with Crippen molar-refractivity contribution in [1.29, 1.82) is 0 Å². The van der Waals surface area contributed by atoms with Gasteiger partial charge in [0, 0.05) is 0 Å². The van der Waals surface area contributed by atoms with Gasteiger partial charge in [0.1, 0.15) is 0 Å². The molecule has 0 aliphatic carbocycles. The molecule has 0 atom stereocenters. The molecule has 0 saturated carbocycles. The molecule has 0 unspecified atom stereocenters. The summed E-state index contributed by atoms with van der Waals surface area (Å²) in [5.41, 5.74) is 0. The summed E-state index contributed by atoms with van der Waals surface area (Å²) in [6, 6.07) is 0. The Hall–Kier alpha value is 0.820. The van der Waals surface area contributed by atoms with Gasteiger partial charge in [-0.15, -0.1) is 0 Å². The van der Waals surface area contributed by atoms with E-state index in [0.29, 0.717) is 0 Å². The van der Waals surface area contributed by atoms with Crippen LogP contribution in [0.4, 0.5) is 0 Å². The Morgan fingerprint density at radius 1 is 1.67 bits per heavy atom. The van der Waals surface area contributed by atoms with E-state index in [1.165, 1.54) is 0 Å². The number of hydrogen-bond acceptors (Lipinski definition) is 2. The van der Waals surface area contributed by atoms with Crippen LogP contribution in [0.2, 0.25) is 0 Å². The highest BCUT2D eigenvalue weighted by molar-refractivity contribution is 8.06. The van der Waals surface area contributed by atoms with Gasteiger partial charge in [0.2, 0.25) is 0 Å². The zero-order valence-electron chi connectivity index (χ0n) is 2.54. The highest BCUT2D eigenvalue weighted by Crippen LogP contribution is 2.37. The summed E-state index contributed by atoms with van der Waals surface area (Å²) in [5.74, 6) is 0. The third-order valence-electron chi connectivity index (χ3n) is 0.0899. The quantitative estimate of drug-likeness (QED) is 0.528. The zero-order chi connectivity index (χ0) is 5.21. The van der Waals surface area contributed by atoms with E-state index in [4.69, 9.17) is 9.79 Å². The van der Waals surface area contributed by atoms with Crippen LogP contribution in [0.3, 0.4) is 0 Å². The van der Waals surface area contributed by atoms with Crippen LogP contribution in [0.25, 0.3) is 0 Å². The summed E-state index contributed by atoms with van der Waals surface area (Å²) in [4.78, 5) is 15.9. The average molecular weight is 149 g/mol. The second kappa shape index (κ2) is 2.21. The normalized spacial score (nSPS) is 11.8. The highest BCUT2D eigenvalue weighted by Gasteiger charge is 2.02. The van der Waals surface area contributed by atoms with Crippen molar-refractivity contribution in [1.82, 2.24) is 0 Å². The Kier molecular flexibility index (Phi) is 2.51. The van der Waals surface area contributed by atoms with E-state index in [-0.39, 0.29) is 0 Å². The lowest BCUT2D eigenvalue weighted by Crippen LogP contribution is -1.69. The predicted molar refractivity (Wildman–Crippen MR) is 25.7 cm³/mol. The molecule has 0 fully saturated rings. The van der Waals surface area contributed by atoms with Crippen LogP contribution in [0.15, 0.2) is 0 Å². The smallest absolute Gasteiger partial charge is 0.324 e. The Labute approximate surface area is 44.9 Å². The molecule has 6 heavy (non-hydrogen) atoms. The Morgan fingerprint density at radius 3 is 1.83 bits per heavy atom. The first kappa shape index (κ1) is 6.82. The van der Waals surface area contributed by atoms with Gasteiger partial charge < -0.3 is 9.79 Å². The molecule has 0 aromatic rings. The van der Waals surface area contributed by atoms with Crippen molar-refractivity contribution in [2.75, 3.05) is 0 Å². The third-order valence-corrected chi connectivity index (χ3v) is 1.32. The summed E-state index contributed by atoms with van der Waals surface area (Å²) in [6.07, 6.45) is 0. The van der Waals surface area contributed by atoms with Crippen LogP contribution in [-0.2, 0) is 15.9 Å². The molecule has 0 saturated heterocycles. The number of hydrogen-bond donors (Lipinski definition) is 2. The van der Waals surface area contributed by atoms with Crippen molar-refractivity contribution >= 4 is 30.4 Å². The van der Waals surface area contributed by atoms with Crippen LogP contribution in [0, 0.1) is 0 Å². The van der Waals surface area contributed by atoms with Crippen LogP contribution >= 0.6 is 18.6 Å². The molecule has 2 N–H and O–H groups in total. The minimum Gasteiger partial charge on any atom is -0.324 e. The standard InChI is InChI=1S/ClH2O3PS/c1-4-5(2,3)6/h(H2,2,3,6). The summed E-state index contributed by atoms with van der Waals surface area (Å²) >= 11 is 8.28. The lowest BCUT2D eigenvalue weighted by Gasteiger charge is -1.95. The minimum absolute atomic E-state index is 3.45. The molecular formula is H2ClO3PS. The molecule has 0 heterocycles. The first-order valence-corrected chi connectivity index (χ1v) is 3.85. The summed E-state index contributed by atoms with van der Waals surface area (Å²) < 4.78 is 3.45. The summed E-state index contributed by atoms with van der Waals surface area (Å²) in [6.45, 7) is -3.55. The molecule has 38 valence electrons. The predicted octanol–water partition coefficient (Wildman–Crippen LogP) is 0.366. The van der Waals surface area contributed by atoms with Gasteiger partial charge in [0.15, 0.2) is 0 Å². The molecule has 3 nitrogen and oxygen atoms in total. The summed E-state index contributed by atoms with van der Waals surface area (Å²) in [7, 11) is 0. The Bertz CT molecular complexity index is 74.9. The SMILES string of the molecule is OP(O)(=S)OCl. The maximum absolute atomic E-state index is 7.95. The van der Waals surface area contributed by atoms with E-state index in [1.54, 1.807) is 0 Å². The van der Waals surface area contributed by atoms with Crippen molar-refractivity contribution in [3.63, 3.8) is 0 Å². The maximum Gasteiger partial charge on any atom is 0.338 e. The van der Waals surface area contributed by atoms with Gasteiger partial charge in [-0.05, 0) is 11.8 Å². The topological polar surface area (TPSA) is 49.7 Å². The van der Waals surface area contributed by atoms with Gasteiger partial charge >= 0.3 is 6.72 Å². The fourth-order valence-electron chi connectivity index (χ4n) is 0. The van der Waals surface area contributed by atoms with Crippen LogP contribution in [0.1, 0.15) is 0 Å². The Balaban J connectivity index is 3.48. The zero-order valence-corrected chi connectivity index (χ0v) is 5.00. The molecule has 0 aromatic heterocycles. The second-order valence-corrected chi connectivity index (χ2v) is 3.52. The fourth-order valence-corrected chi connectivity index (χ4v) is 0. The van der Waals surface area contributed by atoms with Gasteiger partial charge in [-0.1, -0.05) is 0 Å². The first-order chi connectivity index (χ1) is 2.56. The largest absolute Gasteiger partial charge is 0.338 e. The highest BCUT2D eigenvalue weighted by atomic mass is 35.5. The van der Waals surface area contributed by atoms with E-state index in [1.807, 2.05) is 0 Å². The molecule has 0 aromatic carbocycles. The lowest BCUT2D eigenvalue weighted by molar-refractivity contribution is 0.385. The van der Waals surface area contributed by atoms with Crippen LogP contribution in [0.5, 0.6) is 0 Å². The third kappa shape index (κ3) is 4.82. The van der Waals surface area contributed by atoms with Crippen LogP contribution in [-0.4, -0.2) is 9.79 Å². The van der Waals surface area contributed by atoms with E-state index in [2.05, 4.69) is 27.7 Å². The van der Waals surface area contributed by atoms with Crippen LogP contribution < -0.4 is 0 Å². The molecule has 0 rings (SSSR count). The minimum atomic E-state index is -3.55. The molecule has 0 radical (unpaired) electrons. The molecule has 0 amide bonds. The van der Waals surface area contributed by atoms with Gasteiger partial charge in [0.05, 0.1) is 11.9 Å². The molecule has 6 heteroatoms. The lowest BCUT2D eigenvalue weighted by atomic mass is 15.8. The molecular weight excluding hydrogens is 146 g/mol. The van der Waals surface area contributed by atoms with Crippen molar-refractivity contribution in [2.45, 2.75) is 0 Å². The van der Waals surface area contributed by atoms with E-state index < -0.39 is 6.72 Å². The maximum atomic E-state index is 7.95. The molecule has 0 aliphatic heterocycles. The van der Waals surface area contributed by atoms with E-state index in [0.717, 1.165) is 0 Å². The van der Waals surface area contributed by atoms with E-state index in [9.17, 15) is 0 Å². The summed E-state index contributed by atoms with van der Waals surface area (Å²) in [5, 5.41) is 0. The molecule has 0 bridgehead atoms. The van der Waals surface area contributed by atoms with Crippen molar-refractivity contribution in [3.05, 3.63) is 0 Å².